The SMILES string of the molecule is C=C(CC=C1/C(=C\C)N=C(CNCCN2CCCCCC2)CCC1C)NC(=O)COC(/C=C\C(=C)OC(F)(F)F)=C/C.CC.CC. The van der Waals surface area contributed by atoms with Gasteiger partial charge < -0.3 is 25.0 Å². The summed E-state index contributed by atoms with van der Waals surface area (Å²) < 4.78 is 45.8. The minimum absolute atomic E-state index is 0.194. The third-order valence-electron chi connectivity index (χ3n) is 7.10. The molecule has 0 aromatic rings. The van der Waals surface area contributed by atoms with Crippen LogP contribution in [0.4, 0.5) is 13.2 Å². The molecule has 1 unspecified atom stereocenters. The maximum atomic E-state index is 12.4. The van der Waals surface area contributed by atoms with Gasteiger partial charge in [0.25, 0.3) is 5.91 Å². The van der Waals surface area contributed by atoms with Crippen LogP contribution >= 0.6 is 0 Å². The number of nitrogens with one attached hydrogen (secondary N) is 2. The van der Waals surface area contributed by atoms with Crippen molar-refractivity contribution in [3.05, 3.63) is 72.0 Å². The van der Waals surface area contributed by atoms with Crippen LogP contribution < -0.4 is 10.6 Å². The number of carbonyl (C=O) groups excluding carboxylic acids is 1. The van der Waals surface area contributed by atoms with Crippen LogP contribution in [0.5, 0.6) is 0 Å². The Morgan fingerprint density at radius 2 is 1.72 bits per heavy atom. The fourth-order valence-corrected chi connectivity index (χ4v) is 4.83. The van der Waals surface area contributed by atoms with Gasteiger partial charge in [-0.3, -0.25) is 9.79 Å². The lowest BCUT2D eigenvalue weighted by atomic mass is 9.93. The Hall–Kier alpha value is -3.11. The number of alkyl halides is 3. The first-order valence-corrected chi connectivity index (χ1v) is 16.8. The molecule has 2 heterocycles. The Labute approximate surface area is 276 Å². The molecule has 0 aromatic carbocycles. The molecular weight excluding hydrogens is 593 g/mol. The van der Waals surface area contributed by atoms with E-state index in [2.05, 4.69) is 46.4 Å². The van der Waals surface area contributed by atoms with Crippen molar-refractivity contribution in [2.75, 3.05) is 39.3 Å². The van der Waals surface area contributed by atoms with Gasteiger partial charge >= 0.3 is 6.36 Å². The van der Waals surface area contributed by atoms with E-state index in [-0.39, 0.29) is 12.4 Å². The van der Waals surface area contributed by atoms with Crippen LogP contribution in [0.3, 0.4) is 0 Å². The van der Waals surface area contributed by atoms with Gasteiger partial charge in [-0.25, -0.2) is 0 Å². The average molecular weight is 653 g/mol. The highest BCUT2D eigenvalue weighted by molar-refractivity contribution is 5.88. The zero-order valence-corrected chi connectivity index (χ0v) is 29.3. The van der Waals surface area contributed by atoms with Crippen LogP contribution in [0.1, 0.15) is 93.4 Å². The molecule has 7 nitrogen and oxygen atoms in total. The third-order valence-corrected chi connectivity index (χ3v) is 7.10. The van der Waals surface area contributed by atoms with E-state index in [4.69, 9.17) is 9.73 Å². The van der Waals surface area contributed by atoms with E-state index in [1.807, 2.05) is 40.7 Å². The highest BCUT2D eigenvalue weighted by atomic mass is 19.4. The first-order valence-electron chi connectivity index (χ1n) is 16.8. The van der Waals surface area contributed by atoms with Gasteiger partial charge in [0.1, 0.15) is 11.5 Å². The Morgan fingerprint density at radius 3 is 2.30 bits per heavy atom. The lowest BCUT2D eigenvalue weighted by Gasteiger charge is -2.19. The van der Waals surface area contributed by atoms with Gasteiger partial charge in [-0.05, 0) is 82.3 Å². The Balaban J connectivity index is 0.00000486. The summed E-state index contributed by atoms with van der Waals surface area (Å²) in [6.45, 7) is 25.8. The van der Waals surface area contributed by atoms with Crippen molar-refractivity contribution in [2.45, 2.75) is 99.8 Å². The standard InChI is InChI=1S/C32H47F3N4O3.2C2H6/c1-6-28(16-14-26(5)42-32(33,34)35)41-23-31(40)37-25(4)13-17-29-24(3)12-15-27(38-30(29)7-2)22-36-18-21-39-19-10-8-9-11-20-39;2*1-2/h6-7,14,16-17,24,36H,4-5,8-13,15,18-23H2,1-3H3,(H,37,40);2*1-2H3/b16-14-,28-6+,29-17?,30-7+;;. The zero-order valence-electron chi connectivity index (χ0n) is 29.3. The van der Waals surface area contributed by atoms with Crippen molar-refractivity contribution in [3.8, 4) is 0 Å². The number of hydrogen-bond acceptors (Lipinski definition) is 6. The number of likely N-dealkylation sites (tertiary alicyclic amines) is 1. The van der Waals surface area contributed by atoms with Gasteiger partial charge in [-0.2, -0.15) is 0 Å². The summed E-state index contributed by atoms with van der Waals surface area (Å²) in [7, 11) is 0. The predicted octanol–water partition coefficient (Wildman–Crippen LogP) is 8.75. The van der Waals surface area contributed by atoms with Crippen molar-refractivity contribution in [3.63, 3.8) is 0 Å². The molecule has 0 aromatic heterocycles. The van der Waals surface area contributed by atoms with E-state index >= 15 is 0 Å². The number of aliphatic imine (C=N–C) groups is 1. The van der Waals surface area contributed by atoms with Gasteiger partial charge in [0.2, 0.25) is 0 Å². The fraction of sp³-hybridized carbons (Fsp3) is 0.611. The van der Waals surface area contributed by atoms with Crippen molar-refractivity contribution in [1.82, 2.24) is 15.5 Å². The first kappa shape index (κ1) is 42.9. The summed E-state index contributed by atoms with van der Waals surface area (Å²) in [5, 5.41) is 6.30. The average Bonchev–Trinajstić information content (AvgIpc) is 3.38. The lowest BCUT2D eigenvalue weighted by molar-refractivity contribution is -0.303. The summed E-state index contributed by atoms with van der Waals surface area (Å²) in [5.41, 5.74) is 3.74. The minimum atomic E-state index is -4.83. The number of allylic oxidation sites excluding steroid dienone is 6. The summed E-state index contributed by atoms with van der Waals surface area (Å²) in [6, 6.07) is 0. The lowest BCUT2D eigenvalue weighted by Crippen LogP contribution is -2.34. The first-order chi connectivity index (χ1) is 22.0. The number of amides is 1. The number of carbonyl (C=O) groups is 1. The second-order valence-corrected chi connectivity index (χ2v) is 10.6. The number of rotatable bonds is 14. The monoisotopic (exact) mass is 652 g/mol. The maximum absolute atomic E-state index is 12.4. The normalized spacial score (nSPS) is 19.6. The van der Waals surface area contributed by atoms with Crippen molar-refractivity contribution >= 4 is 11.6 Å². The molecule has 0 aliphatic carbocycles. The Kier molecular flexibility index (Phi) is 23.3. The highest BCUT2D eigenvalue weighted by Gasteiger charge is 2.30. The molecule has 0 spiro atoms. The van der Waals surface area contributed by atoms with Crippen molar-refractivity contribution < 1.29 is 27.4 Å². The fourth-order valence-electron chi connectivity index (χ4n) is 4.83. The molecule has 262 valence electrons. The third kappa shape index (κ3) is 19.4. The van der Waals surface area contributed by atoms with Crippen LogP contribution in [-0.2, 0) is 14.3 Å². The zero-order chi connectivity index (χ0) is 35.0. The van der Waals surface area contributed by atoms with Crippen molar-refractivity contribution in [2.24, 2.45) is 10.9 Å². The minimum Gasteiger partial charge on any atom is -0.484 e. The van der Waals surface area contributed by atoms with Gasteiger partial charge in [0.15, 0.2) is 6.61 Å². The van der Waals surface area contributed by atoms with E-state index in [1.54, 1.807) is 6.92 Å². The molecule has 2 rings (SSSR count). The molecule has 1 amide bonds. The van der Waals surface area contributed by atoms with Gasteiger partial charge in [0.05, 0.1) is 5.70 Å². The molecule has 0 radical (unpaired) electrons. The number of ether oxygens (including phenoxy) is 2. The molecular formula is C36H59F3N4O3. The van der Waals surface area contributed by atoms with Gasteiger partial charge in [-0.1, -0.05) is 72.8 Å². The maximum Gasteiger partial charge on any atom is 0.573 e. The van der Waals surface area contributed by atoms with E-state index < -0.39 is 18.0 Å². The number of hydrogen-bond donors (Lipinski definition) is 2. The molecule has 2 aliphatic rings. The number of nitrogens with zero attached hydrogens (tertiary/aromatic N) is 2. The van der Waals surface area contributed by atoms with Gasteiger partial charge in [-0.15, -0.1) is 13.2 Å². The summed E-state index contributed by atoms with van der Waals surface area (Å²) in [6.07, 6.45) is 10.7. The quantitative estimate of drug-likeness (QED) is 0.112. The molecule has 0 bridgehead atoms. The Bertz CT molecular complexity index is 1070. The molecule has 1 atom stereocenters. The largest absolute Gasteiger partial charge is 0.573 e. The topological polar surface area (TPSA) is 75.2 Å². The van der Waals surface area contributed by atoms with Crippen LogP contribution in [0.15, 0.2) is 77.0 Å². The molecule has 1 fully saturated rings. The second kappa shape index (κ2) is 25.0. The molecule has 2 aliphatic heterocycles. The highest BCUT2D eigenvalue weighted by Crippen LogP contribution is 2.29. The van der Waals surface area contributed by atoms with Crippen LogP contribution in [0.25, 0.3) is 0 Å². The molecule has 10 heteroatoms. The van der Waals surface area contributed by atoms with Crippen LogP contribution in [0.2, 0.25) is 0 Å². The van der Waals surface area contributed by atoms with E-state index in [0.29, 0.717) is 18.0 Å². The summed E-state index contributed by atoms with van der Waals surface area (Å²) in [5.74, 6) is -0.523. The number of halogens is 3. The molecule has 1 saturated heterocycles. The van der Waals surface area contributed by atoms with Crippen molar-refractivity contribution in [1.29, 1.82) is 0 Å². The second-order valence-electron chi connectivity index (χ2n) is 10.6. The summed E-state index contributed by atoms with van der Waals surface area (Å²) in [4.78, 5) is 19.9. The van der Waals surface area contributed by atoms with Crippen LogP contribution in [0, 0.1) is 5.92 Å². The molecule has 46 heavy (non-hydrogen) atoms. The van der Waals surface area contributed by atoms with Gasteiger partial charge in [0, 0.05) is 37.5 Å². The van der Waals surface area contributed by atoms with E-state index in [9.17, 15) is 18.0 Å². The molecule has 2 N–H and O–H groups in total. The molecule has 0 saturated carbocycles. The summed E-state index contributed by atoms with van der Waals surface area (Å²) >= 11 is 0. The van der Waals surface area contributed by atoms with E-state index in [0.717, 1.165) is 55.5 Å². The van der Waals surface area contributed by atoms with E-state index in [1.165, 1.54) is 50.9 Å². The Morgan fingerprint density at radius 1 is 1.07 bits per heavy atom. The van der Waals surface area contributed by atoms with Crippen LogP contribution in [-0.4, -0.2) is 62.2 Å². The smallest absolute Gasteiger partial charge is 0.484 e. The predicted molar refractivity (Wildman–Crippen MR) is 185 cm³/mol.